The summed E-state index contributed by atoms with van der Waals surface area (Å²) in [4.78, 5) is 13.9. The molecule has 0 aliphatic heterocycles. The molecular formula is C14H17N5O4. The third kappa shape index (κ3) is 3.76. The highest BCUT2D eigenvalue weighted by molar-refractivity contribution is 5.85. The van der Waals surface area contributed by atoms with Gasteiger partial charge in [-0.15, -0.1) is 10.2 Å². The van der Waals surface area contributed by atoms with Crippen molar-refractivity contribution >= 4 is 12.2 Å². The van der Waals surface area contributed by atoms with Gasteiger partial charge in [-0.2, -0.15) is 5.10 Å². The van der Waals surface area contributed by atoms with Crippen LogP contribution in [0.5, 0.6) is 17.2 Å². The van der Waals surface area contributed by atoms with Gasteiger partial charge < -0.3 is 14.2 Å². The van der Waals surface area contributed by atoms with E-state index in [0.29, 0.717) is 22.8 Å². The Morgan fingerprint density at radius 1 is 1.09 bits per heavy atom. The highest BCUT2D eigenvalue weighted by Crippen LogP contribution is 2.33. The summed E-state index contributed by atoms with van der Waals surface area (Å²) in [7, 11) is 4.62. The van der Waals surface area contributed by atoms with E-state index in [1.807, 2.05) is 0 Å². The van der Waals surface area contributed by atoms with Crippen LogP contribution in [0.25, 0.3) is 0 Å². The number of aryl methyl sites for hydroxylation is 1. The molecule has 1 aromatic carbocycles. The Morgan fingerprint density at radius 2 is 1.74 bits per heavy atom. The molecule has 0 spiro atoms. The van der Waals surface area contributed by atoms with Crippen molar-refractivity contribution in [2.24, 2.45) is 5.10 Å². The van der Waals surface area contributed by atoms with E-state index in [1.165, 1.54) is 20.4 Å². The van der Waals surface area contributed by atoms with E-state index in [9.17, 15) is 4.79 Å². The van der Waals surface area contributed by atoms with Gasteiger partial charge in [-0.1, -0.05) is 0 Å². The van der Waals surface area contributed by atoms with E-state index >= 15 is 0 Å². The fourth-order valence-electron chi connectivity index (χ4n) is 1.76. The SMILES string of the molecule is COc1cc(OC)c(OC)cc1/C=N\Nc1nnc(C)c(=O)[nH]1. The third-order valence-corrected chi connectivity index (χ3v) is 2.97. The lowest BCUT2D eigenvalue weighted by atomic mass is 10.2. The minimum Gasteiger partial charge on any atom is -0.496 e. The van der Waals surface area contributed by atoms with Crippen LogP contribution in [-0.2, 0) is 0 Å². The minimum absolute atomic E-state index is 0.135. The predicted molar refractivity (Wildman–Crippen MR) is 84.7 cm³/mol. The number of nitrogens with one attached hydrogen (secondary N) is 2. The Bertz CT molecular complexity index is 772. The molecule has 23 heavy (non-hydrogen) atoms. The molecular weight excluding hydrogens is 302 g/mol. The van der Waals surface area contributed by atoms with Crippen molar-refractivity contribution in [2.75, 3.05) is 26.8 Å². The summed E-state index contributed by atoms with van der Waals surface area (Å²) >= 11 is 0. The second-order valence-corrected chi connectivity index (χ2v) is 4.41. The number of anilines is 1. The van der Waals surface area contributed by atoms with E-state index in [1.54, 1.807) is 26.2 Å². The van der Waals surface area contributed by atoms with Gasteiger partial charge in [0, 0.05) is 11.6 Å². The van der Waals surface area contributed by atoms with Crippen molar-refractivity contribution in [3.63, 3.8) is 0 Å². The van der Waals surface area contributed by atoms with E-state index in [0.717, 1.165) is 0 Å². The van der Waals surface area contributed by atoms with E-state index in [-0.39, 0.29) is 17.2 Å². The zero-order valence-electron chi connectivity index (χ0n) is 13.2. The van der Waals surface area contributed by atoms with Gasteiger partial charge >= 0.3 is 0 Å². The van der Waals surface area contributed by atoms with Gasteiger partial charge in [0.1, 0.15) is 11.4 Å². The largest absolute Gasteiger partial charge is 0.496 e. The molecule has 0 saturated carbocycles. The molecule has 1 aromatic heterocycles. The summed E-state index contributed by atoms with van der Waals surface area (Å²) in [6.45, 7) is 1.56. The molecule has 0 unspecified atom stereocenters. The molecule has 0 bridgehead atoms. The van der Waals surface area contributed by atoms with Crippen molar-refractivity contribution in [1.82, 2.24) is 15.2 Å². The molecule has 0 radical (unpaired) electrons. The normalized spacial score (nSPS) is 10.6. The number of aromatic amines is 1. The number of H-pyrrole nitrogens is 1. The van der Waals surface area contributed by atoms with Crippen LogP contribution in [0.3, 0.4) is 0 Å². The summed E-state index contributed by atoms with van der Waals surface area (Å²) < 4.78 is 15.7. The second-order valence-electron chi connectivity index (χ2n) is 4.41. The number of hydrazone groups is 1. The van der Waals surface area contributed by atoms with Gasteiger partial charge in [0.25, 0.3) is 5.56 Å². The Hall–Kier alpha value is -3.10. The van der Waals surface area contributed by atoms with Gasteiger partial charge in [-0.05, 0) is 13.0 Å². The Balaban J connectivity index is 2.24. The number of hydrogen-bond acceptors (Lipinski definition) is 8. The smallest absolute Gasteiger partial charge is 0.274 e. The molecule has 2 N–H and O–H groups in total. The Labute approximate surface area is 132 Å². The maximum Gasteiger partial charge on any atom is 0.274 e. The molecule has 2 aromatic rings. The topological polar surface area (TPSA) is 111 Å². The quantitative estimate of drug-likeness (QED) is 0.602. The molecule has 122 valence electrons. The number of rotatable bonds is 6. The first-order valence-corrected chi connectivity index (χ1v) is 6.61. The number of hydrogen-bond donors (Lipinski definition) is 2. The van der Waals surface area contributed by atoms with Gasteiger partial charge in [0.2, 0.25) is 5.95 Å². The molecule has 9 heteroatoms. The summed E-state index contributed by atoms with van der Waals surface area (Å²) in [6.07, 6.45) is 1.50. The fourth-order valence-corrected chi connectivity index (χ4v) is 1.76. The van der Waals surface area contributed by atoms with E-state index < -0.39 is 0 Å². The van der Waals surface area contributed by atoms with Crippen LogP contribution in [-0.4, -0.2) is 42.7 Å². The van der Waals surface area contributed by atoms with Crippen molar-refractivity contribution in [3.05, 3.63) is 33.7 Å². The molecule has 0 atom stereocenters. The lowest BCUT2D eigenvalue weighted by Crippen LogP contribution is -2.15. The maximum absolute atomic E-state index is 11.4. The molecule has 0 aliphatic carbocycles. The lowest BCUT2D eigenvalue weighted by molar-refractivity contribution is 0.349. The zero-order valence-corrected chi connectivity index (χ0v) is 13.2. The van der Waals surface area contributed by atoms with Gasteiger partial charge in [0.05, 0.1) is 27.5 Å². The minimum atomic E-state index is -0.332. The van der Waals surface area contributed by atoms with E-state index in [2.05, 4.69) is 25.7 Å². The average molecular weight is 319 g/mol. The first-order chi connectivity index (χ1) is 11.1. The number of nitrogens with zero attached hydrogens (tertiary/aromatic N) is 3. The van der Waals surface area contributed by atoms with Crippen LogP contribution in [0.4, 0.5) is 5.95 Å². The first-order valence-electron chi connectivity index (χ1n) is 6.61. The highest BCUT2D eigenvalue weighted by atomic mass is 16.5. The predicted octanol–water partition coefficient (Wildman–Crippen LogP) is 0.945. The third-order valence-electron chi connectivity index (χ3n) is 2.97. The maximum atomic E-state index is 11.4. The number of benzene rings is 1. The number of methoxy groups -OCH3 is 3. The zero-order chi connectivity index (χ0) is 16.8. The van der Waals surface area contributed by atoms with Gasteiger partial charge in [-0.25, -0.2) is 5.43 Å². The molecule has 0 amide bonds. The van der Waals surface area contributed by atoms with Gasteiger partial charge in [-0.3, -0.25) is 9.78 Å². The van der Waals surface area contributed by atoms with Crippen LogP contribution in [0.1, 0.15) is 11.3 Å². The number of aromatic nitrogens is 3. The summed E-state index contributed by atoms with van der Waals surface area (Å²) in [6, 6.07) is 3.40. The standard InChI is InChI=1S/C14H17N5O4/c1-8-13(20)16-14(19-17-8)18-15-7-9-5-11(22-3)12(23-4)6-10(9)21-2/h5-7H,1-4H3,(H2,16,18,19,20)/b15-7-. The molecule has 9 nitrogen and oxygen atoms in total. The molecule has 1 heterocycles. The van der Waals surface area contributed by atoms with Gasteiger partial charge in [0.15, 0.2) is 11.5 Å². The van der Waals surface area contributed by atoms with E-state index in [4.69, 9.17) is 14.2 Å². The van der Waals surface area contributed by atoms with Crippen LogP contribution < -0.4 is 25.2 Å². The second kappa shape index (κ2) is 7.25. The fraction of sp³-hybridized carbons (Fsp3) is 0.286. The van der Waals surface area contributed by atoms with Crippen LogP contribution in [0.15, 0.2) is 22.0 Å². The van der Waals surface area contributed by atoms with Crippen LogP contribution in [0.2, 0.25) is 0 Å². The Morgan fingerprint density at radius 3 is 2.35 bits per heavy atom. The summed E-state index contributed by atoms with van der Waals surface area (Å²) in [5.41, 5.74) is 3.19. The molecule has 0 aliphatic rings. The Kier molecular flexibility index (Phi) is 5.13. The monoisotopic (exact) mass is 319 g/mol. The molecule has 2 rings (SSSR count). The first kappa shape index (κ1) is 16.3. The number of ether oxygens (including phenoxy) is 3. The summed E-state index contributed by atoms with van der Waals surface area (Å²) in [5, 5.41) is 11.5. The van der Waals surface area contributed by atoms with Crippen molar-refractivity contribution < 1.29 is 14.2 Å². The van der Waals surface area contributed by atoms with Crippen molar-refractivity contribution in [3.8, 4) is 17.2 Å². The van der Waals surface area contributed by atoms with Crippen LogP contribution >= 0.6 is 0 Å². The van der Waals surface area contributed by atoms with Crippen LogP contribution in [0, 0.1) is 6.92 Å². The highest BCUT2D eigenvalue weighted by Gasteiger charge is 2.10. The molecule has 0 fully saturated rings. The molecule has 0 saturated heterocycles. The van der Waals surface area contributed by atoms with Crippen molar-refractivity contribution in [1.29, 1.82) is 0 Å². The average Bonchev–Trinajstić information content (AvgIpc) is 2.57. The van der Waals surface area contributed by atoms with Crippen molar-refractivity contribution in [2.45, 2.75) is 6.92 Å². The summed E-state index contributed by atoms with van der Waals surface area (Å²) in [5.74, 6) is 1.77. The lowest BCUT2D eigenvalue weighted by Gasteiger charge is -2.11.